The molecule has 0 amide bonds. The number of para-hydroxylation sites is 1. The van der Waals surface area contributed by atoms with Crippen molar-refractivity contribution >= 4 is 23.1 Å². The van der Waals surface area contributed by atoms with Gasteiger partial charge < -0.3 is 19.9 Å². The van der Waals surface area contributed by atoms with E-state index in [1.54, 1.807) is 24.3 Å². The average Bonchev–Trinajstić information content (AvgIpc) is 3.17. The first-order chi connectivity index (χ1) is 25.4. The molecule has 12 heteroatoms. The molecule has 2 N–H and O–H groups in total. The van der Waals surface area contributed by atoms with E-state index in [9.17, 15) is 19.8 Å². The van der Waals surface area contributed by atoms with E-state index in [0.717, 1.165) is 70.2 Å². The Bertz CT molecular complexity index is 1860. The third kappa shape index (κ3) is 10.5. The molecule has 0 bridgehead atoms. The molecular formula is C40H50N6O6. The molecule has 2 atom stereocenters. The minimum absolute atomic E-state index is 0.154. The van der Waals surface area contributed by atoms with Gasteiger partial charge in [0.15, 0.2) is 0 Å². The van der Waals surface area contributed by atoms with Crippen LogP contribution in [0.15, 0.2) is 107 Å². The van der Waals surface area contributed by atoms with E-state index in [-0.39, 0.29) is 24.1 Å². The van der Waals surface area contributed by atoms with Gasteiger partial charge in [-0.2, -0.15) is 0 Å². The molecule has 3 aromatic carbocycles. The Hall–Kier alpha value is -4.56. The average molecular weight is 711 g/mol. The molecule has 2 saturated heterocycles. The maximum Gasteiger partial charge on any atom is 0.398 e. The first-order valence-electron chi connectivity index (χ1n) is 18.1. The summed E-state index contributed by atoms with van der Waals surface area (Å²) in [5.74, 6) is 0. The van der Waals surface area contributed by atoms with Crippen LogP contribution >= 0.6 is 0 Å². The molecular weight excluding hydrogens is 660 g/mol. The molecule has 2 unspecified atom stereocenters. The Morgan fingerprint density at radius 3 is 1.48 bits per heavy atom. The number of aliphatic hydroxyl groups is 2. The number of hydrogen-bond acceptors (Lipinski definition) is 10. The largest absolute Gasteiger partial charge is 0.406 e. The van der Waals surface area contributed by atoms with Crippen LogP contribution in [0.5, 0.6) is 0 Å². The van der Waals surface area contributed by atoms with Crippen LogP contribution < -0.4 is 20.9 Å². The summed E-state index contributed by atoms with van der Waals surface area (Å²) in [7, 11) is 0. The van der Waals surface area contributed by atoms with Crippen molar-refractivity contribution in [3.05, 3.63) is 129 Å². The smallest absolute Gasteiger partial charge is 0.398 e. The monoisotopic (exact) mass is 710 g/mol. The number of aromatic nitrogens is 2. The number of β-amino-alcohol motifs (C(OH)–C–C–N with tert-alkyl or cyclic N) is 2. The summed E-state index contributed by atoms with van der Waals surface area (Å²) in [6.45, 7) is 8.76. The van der Waals surface area contributed by atoms with Crippen LogP contribution in [-0.2, 0) is 0 Å². The summed E-state index contributed by atoms with van der Waals surface area (Å²) >= 11 is 0. The standard InChI is InChI=1S/C40H50N6O6/c47-35(29-43-25-21-41(22-26-43)19-9-15-33-11-3-1-4-12-33)31-51-45-38-18-8-7-17-37(38)39(49)46(40(45)50)52-32-36(48)30-44-27-23-42(24-28-44)20-10-16-34-13-5-2-6-14-34/h1-18,35-36,47-48H,19-32H2/b15-9+,16-10+. The van der Waals surface area contributed by atoms with E-state index < -0.39 is 23.5 Å². The fourth-order valence-electron chi connectivity index (χ4n) is 6.59. The van der Waals surface area contributed by atoms with Gasteiger partial charge in [-0.25, -0.2) is 4.79 Å². The van der Waals surface area contributed by atoms with Crippen molar-refractivity contribution in [1.29, 1.82) is 0 Å². The van der Waals surface area contributed by atoms with E-state index in [2.05, 4.69) is 68.2 Å². The van der Waals surface area contributed by atoms with Gasteiger partial charge in [0, 0.05) is 78.5 Å². The SMILES string of the molecule is O=c1c2ccccc2n(OCC(O)CN2CCN(C/C=C/c3ccccc3)CC2)c(=O)n1OCC(O)CN1CCN(C/C=C/c2ccccc2)CC1. The van der Waals surface area contributed by atoms with Gasteiger partial charge in [0.25, 0.3) is 5.56 Å². The Kier molecular flexibility index (Phi) is 13.4. The van der Waals surface area contributed by atoms with Crippen molar-refractivity contribution in [3.63, 3.8) is 0 Å². The van der Waals surface area contributed by atoms with Crippen LogP contribution in [0.1, 0.15) is 11.1 Å². The zero-order chi connectivity index (χ0) is 36.1. The molecule has 52 heavy (non-hydrogen) atoms. The number of nitrogens with zero attached hydrogens (tertiary/aromatic N) is 6. The molecule has 2 fully saturated rings. The Labute approximate surface area is 304 Å². The van der Waals surface area contributed by atoms with Crippen LogP contribution in [0.2, 0.25) is 0 Å². The number of hydrogen-bond donors (Lipinski definition) is 2. The quantitative estimate of drug-likeness (QED) is 0.177. The predicted molar refractivity (Wildman–Crippen MR) is 204 cm³/mol. The maximum absolute atomic E-state index is 13.5. The lowest BCUT2D eigenvalue weighted by molar-refractivity contribution is -0.0241. The number of rotatable bonds is 16. The fraction of sp³-hybridized carbons (Fsp3) is 0.400. The van der Waals surface area contributed by atoms with Crippen molar-refractivity contribution in [2.75, 3.05) is 91.8 Å². The summed E-state index contributed by atoms with van der Waals surface area (Å²) in [4.78, 5) is 47.3. The van der Waals surface area contributed by atoms with Crippen LogP contribution in [0, 0.1) is 0 Å². The van der Waals surface area contributed by atoms with Crippen LogP contribution in [0.4, 0.5) is 0 Å². The number of piperazine rings is 2. The predicted octanol–water partition coefficient (Wildman–Crippen LogP) is 1.40. The molecule has 6 rings (SSSR count). The van der Waals surface area contributed by atoms with Gasteiger partial charge in [-0.15, -0.1) is 4.73 Å². The van der Waals surface area contributed by atoms with Crippen molar-refractivity contribution in [2.45, 2.75) is 12.2 Å². The van der Waals surface area contributed by atoms with E-state index in [1.165, 1.54) is 11.1 Å². The lowest BCUT2D eigenvalue weighted by Crippen LogP contribution is -2.51. The minimum Gasteiger partial charge on any atom is -0.406 e. The van der Waals surface area contributed by atoms with Gasteiger partial charge in [0.05, 0.1) is 10.9 Å². The Balaban J connectivity index is 0.966. The van der Waals surface area contributed by atoms with Crippen molar-refractivity contribution in [2.24, 2.45) is 0 Å². The molecule has 0 aliphatic carbocycles. The molecule has 2 aliphatic heterocycles. The number of aliphatic hydroxyl groups excluding tert-OH is 2. The van der Waals surface area contributed by atoms with Crippen molar-refractivity contribution in [1.82, 2.24) is 29.1 Å². The minimum atomic E-state index is -0.918. The highest BCUT2D eigenvalue weighted by Gasteiger charge is 2.22. The van der Waals surface area contributed by atoms with Gasteiger partial charge in [0.1, 0.15) is 25.4 Å². The highest BCUT2D eigenvalue weighted by molar-refractivity contribution is 5.77. The summed E-state index contributed by atoms with van der Waals surface area (Å²) in [6, 6.07) is 27.0. The maximum atomic E-state index is 13.5. The molecule has 4 aromatic rings. The zero-order valence-electron chi connectivity index (χ0n) is 29.7. The first-order valence-corrected chi connectivity index (χ1v) is 18.1. The van der Waals surface area contributed by atoms with Crippen LogP contribution in [0.3, 0.4) is 0 Å². The van der Waals surface area contributed by atoms with E-state index >= 15 is 0 Å². The molecule has 276 valence electrons. The molecule has 0 spiro atoms. The van der Waals surface area contributed by atoms with Gasteiger partial charge >= 0.3 is 5.69 Å². The number of fused-ring (bicyclic) bond motifs is 1. The topological polar surface area (TPSA) is 116 Å². The molecule has 0 radical (unpaired) electrons. The molecule has 0 saturated carbocycles. The first kappa shape index (κ1) is 37.2. The van der Waals surface area contributed by atoms with Crippen LogP contribution in [0.25, 0.3) is 23.1 Å². The van der Waals surface area contributed by atoms with Gasteiger partial charge in [0.2, 0.25) is 0 Å². The molecule has 2 aliphatic rings. The summed E-state index contributed by atoms with van der Waals surface area (Å²) < 4.78 is 1.63. The third-order valence-electron chi connectivity index (χ3n) is 9.49. The van der Waals surface area contributed by atoms with Crippen molar-refractivity contribution in [3.8, 4) is 0 Å². The zero-order valence-corrected chi connectivity index (χ0v) is 29.7. The van der Waals surface area contributed by atoms with E-state index in [4.69, 9.17) is 9.68 Å². The lowest BCUT2D eigenvalue weighted by Gasteiger charge is -2.35. The number of benzene rings is 3. The Morgan fingerprint density at radius 1 is 0.558 bits per heavy atom. The third-order valence-corrected chi connectivity index (χ3v) is 9.49. The normalized spacial score (nSPS) is 18.0. The second-order valence-electron chi connectivity index (χ2n) is 13.4. The summed E-state index contributed by atoms with van der Waals surface area (Å²) in [6.07, 6.45) is 6.82. The van der Waals surface area contributed by atoms with Crippen molar-refractivity contribution < 1.29 is 19.9 Å². The summed E-state index contributed by atoms with van der Waals surface area (Å²) in [5, 5.41) is 21.9. The van der Waals surface area contributed by atoms with Gasteiger partial charge in [-0.3, -0.25) is 24.4 Å². The van der Waals surface area contributed by atoms with Gasteiger partial charge in [-0.05, 0) is 23.3 Å². The molecule has 12 nitrogen and oxygen atoms in total. The van der Waals surface area contributed by atoms with Crippen LogP contribution in [-0.4, -0.2) is 143 Å². The Morgan fingerprint density at radius 2 is 0.981 bits per heavy atom. The highest BCUT2D eigenvalue weighted by Crippen LogP contribution is 2.09. The molecule has 1 aromatic heterocycles. The van der Waals surface area contributed by atoms with E-state index in [0.29, 0.717) is 17.8 Å². The summed E-state index contributed by atoms with van der Waals surface area (Å²) in [5.41, 5.74) is 1.16. The van der Waals surface area contributed by atoms with E-state index in [1.807, 2.05) is 36.4 Å². The molecule has 3 heterocycles. The second-order valence-corrected chi connectivity index (χ2v) is 13.4. The highest BCUT2D eigenvalue weighted by atomic mass is 16.7. The van der Waals surface area contributed by atoms with Gasteiger partial charge in [-0.1, -0.05) is 102 Å². The lowest BCUT2D eigenvalue weighted by atomic mass is 10.2. The second kappa shape index (κ2) is 18.8. The fourth-order valence-corrected chi connectivity index (χ4v) is 6.59.